The van der Waals surface area contributed by atoms with Crippen LogP contribution in [0.25, 0.3) is 6.08 Å². The van der Waals surface area contributed by atoms with E-state index in [-0.39, 0.29) is 12.3 Å². The summed E-state index contributed by atoms with van der Waals surface area (Å²) in [5.74, 6) is -0.524. The maximum absolute atomic E-state index is 11.5. The molecular formula is C13H14ClNO3. The molecule has 0 aliphatic rings. The van der Waals surface area contributed by atoms with Gasteiger partial charge in [-0.1, -0.05) is 35.0 Å². The van der Waals surface area contributed by atoms with Crippen LogP contribution in [0.4, 0.5) is 0 Å². The molecule has 0 aliphatic carbocycles. The van der Waals surface area contributed by atoms with Gasteiger partial charge in [0.15, 0.2) is 5.71 Å². The van der Waals surface area contributed by atoms with Gasteiger partial charge in [-0.15, -0.1) is 0 Å². The maximum Gasteiger partial charge on any atom is 0.360 e. The Morgan fingerprint density at radius 1 is 1.39 bits per heavy atom. The van der Waals surface area contributed by atoms with Crippen molar-refractivity contribution in [3.05, 3.63) is 40.9 Å². The number of benzene rings is 1. The van der Waals surface area contributed by atoms with Crippen molar-refractivity contribution in [3.63, 3.8) is 0 Å². The van der Waals surface area contributed by atoms with Crippen molar-refractivity contribution in [3.8, 4) is 0 Å². The smallest absolute Gasteiger partial charge is 0.360 e. The standard InChI is InChI=1S/C13H14ClNO3/c1-3-18-13(16)12(15-17-2)9-6-10-4-7-11(14)8-5-10/h4-9H,3H2,1-2H3/b9-6+,15-12?. The van der Waals surface area contributed by atoms with Gasteiger partial charge in [0.1, 0.15) is 7.11 Å². The summed E-state index contributed by atoms with van der Waals surface area (Å²) >= 11 is 5.77. The van der Waals surface area contributed by atoms with Gasteiger partial charge in [0.2, 0.25) is 0 Å². The second-order valence-electron chi connectivity index (χ2n) is 3.26. The molecule has 1 aromatic rings. The lowest BCUT2D eigenvalue weighted by Gasteiger charge is -2.00. The van der Waals surface area contributed by atoms with E-state index in [0.717, 1.165) is 5.56 Å². The molecule has 0 spiro atoms. The van der Waals surface area contributed by atoms with Crippen LogP contribution in [0.2, 0.25) is 5.02 Å². The molecule has 0 aromatic heterocycles. The molecule has 1 aromatic carbocycles. The van der Waals surface area contributed by atoms with Gasteiger partial charge in [-0.25, -0.2) is 4.79 Å². The maximum atomic E-state index is 11.5. The van der Waals surface area contributed by atoms with Crippen molar-refractivity contribution < 1.29 is 14.4 Å². The number of carbonyl (C=O) groups excluding carboxylic acids is 1. The van der Waals surface area contributed by atoms with Crippen molar-refractivity contribution in [2.45, 2.75) is 6.92 Å². The number of rotatable bonds is 5. The average molecular weight is 268 g/mol. The third kappa shape index (κ3) is 4.59. The van der Waals surface area contributed by atoms with E-state index in [9.17, 15) is 4.79 Å². The minimum absolute atomic E-state index is 0.106. The Kier molecular flexibility index (Phi) is 5.94. The Balaban J connectivity index is 2.80. The number of hydrogen-bond donors (Lipinski definition) is 0. The summed E-state index contributed by atoms with van der Waals surface area (Å²) in [6.07, 6.45) is 3.26. The van der Waals surface area contributed by atoms with Gasteiger partial charge in [0, 0.05) is 5.02 Å². The zero-order valence-electron chi connectivity index (χ0n) is 10.2. The van der Waals surface area contributed by atoms with Crippen LogP contribution in [0.1, 0.15) is 12.5 Å². The highest BCUT2D eigenvalue weighted by Crippen LogP contribution is 2.10. The largest absolute Gasteiger partial charge is 0.461 e. The average Bonchev–Trinajstić information content (AvgIpc) is 2.36. The van der Waals surface area contributed by atoms with E-state index in [0.29, 0.717) is 5.02 Å². The molecule has 0 bridgehead atoms. The van der Waals surface area contributed by atoms with Gasteiger partial charge in [-0.05, 0) is 30.7 Å². The Labute approximate surface area is 111 Å². The highest BCUT2D eigenvalue weighted by atomic mass is 35.5. The van der Waals surface area contributed by atoms with E-state index in [4.69, 9.17) is 16.3 Å². The monoisotopic (exact) mass is 267 g/mol. The summed E-state index contributed by atoms with van der Waals surface area (Å²) in [4.78, 5) is 16.1. The summed E-state index contributed by atoms with van der Waals surface area (Å²) in [6.45, 7) is 2.02. The van der Waals surface area contributed by atoms with Crippen LogP contribution in [0, 0.1) is 0 Å². The Morgan fingerprint density at radius 3 is 2.61 bits per heavy atom. The Hall–Kier alpha value is -1.81. The lowest BCUT2D eigenvalue weighted by atomic mass is 10.2. The second kappa shape index (κ2) is 7.50. The van der Waals surface area contributed by atoms with Gasteiger partial charge >= 0.3 is 5.97 Å². The highest BCUT2D eigenvalue weighted by molar-refractivity contribution is 6.41. The van der Waals surface area contributed by atoms with Crippen LogP contribution >= 0.6 is 11.6 Å². The first-order valence-electron chi connectivity index (χ1n) is 5.39. The molecule has 0 amide bonds. The minimum Gasteiger partial charge on any atom is -0.461 e. The predicted molar refractivity (Wildman–Crippen MR) is 71.6 cm³/mol. The molecule has 0 atom stereocenters. The summed E-state index contributed by atoms with van der Waals surface area (Å²) in [5.41, 5.74) is 1.00. The van der Waals surface area contributed by atoms with Crippen LogP contribution in [0.3, 0.4) is 0 Å². The number of esters is 1. The molecule has 18 heavy (non-hydrogen) atoms. The molecule has 0 aliphatic heterocycles. The third-order valence-electron chi connectivity index (χ3n) is 1.98. The molecular weight excluding hydrogens is 254 g/mol. The molecule has 0 unspecified atom stereocenters. The molecule has 0 fully saturated rings. The van der Waals surface area contributed by atoms with Gasteiger partial charge in [-0.2, -0.15) is 0 Å². The zero-order chi connectivity index (χ0) is 13.4. The third-order valence-corrected chi connectivity index (χ3v) is 2.23. The normalized spacial score (nSPS) is 11.6. The lowest BCUT2D eigenvalue weighted by Crippen LogP contribution is -2.15. The Bertz CT molecular complexity index is 452. The topological polar surface area (TPSA) is 47.9 Å². The fourth-order valence-electron chi connectivity index (χ4n) is 1.19. The van der Waals surface area contributed by atoms with Gasteiger partial charge in [-0.3, -0.25) is 0 Å². The fraction of sp³-hybridized carbons (Fsp3) is 0.231. The van der Waals surface area contributed by atoms with Gasteiger partial charge < -0.3 is 9.57 Å². The first-order chi connectivity index (χ1) is 8.67. The predicted octanol–water partition coefficient (Wildman–Crippen LogP) is 2.92. The summed E-state index contributed by atoms with van der Waals surface area (Å²) in [5, 5.41) is 4.26. The van der Waals surface area contributed by atoms with Crippen LogP contribution < -0.4 is 0 Å². The SMILES string of the molecule is CCOC(=O)C(/C=C/c1ccc(Cl)cc1)=NOC. The number of halogens is 1. The first kappa shape index (κ1) is 14.3. The molecule has 0 heterocycles. The van der Waals surface area contributed by atoms with E-state index >= 15 is 0 Å². The minimum atomic E-state index is -0.524. The van der Waals surface area contributed by atoms with E-state index in [1.807, 2.05) is 12.1 Å². The van der Waals surface area contributed by atoms with E-state index in [1.54, 1.807) is 25.1 Å². The lowest BCUT2D eigenvalue weighted by molar-refractivity contribution is -0.135. The van der Waals surface area contributed by atoms with E-state index in [1.165, 1.54) is 13.2 Å². The molecule has 0 N–H and O–H groups in total. The molecule has 0 saturated heterocycles. The fourth-order valence-corrected chi connectivity index (χ4v) is 1.31. The number of hydrogen-bond acceptors (Lipinski definition) is 4. The van der Waals surface area contributed by atoms with Crippen molar-refractivity contribution in [2.24, 2.45) is 5.16 Å². The zero-order valence-corrected chi connectivity index (χ0v) is 11.0. The molecule has 4 nitrogen and oxygen atoms in total. The van der Waals surface area contributed by atoms with Crippen molar-refractivity contribution in [1.29, 1.82) is 0 Å². The Morgan fingerprint density at radius 2 is 2.06 bits per heavy atom. The van der Waals surface area contributed by atoms with Crippen molar-refractivity contribution >= 4 is 29.4 Å². The first-order valence-corrected chi connectivity index (χ1v) is 5.77. The molecule has 0 saturated carbocycles. The molecule has 0 radical (unpaired) electrons. The highest BCUT2D eigenvalue weighted by Gasteiger charge is 2.09. The summed E-state index contributed by atoms with van der Waals surface area (Å²) < 4.78 is 4.84. The second-order valence-corrected chi connectivity index (χ2v) is 3.70. The van der Waals surface area contributed by atoms with E-state index in [2.05, 4.69) is 9.99 Å². The summed E-state index contributed by atoms with van der Waals surface area (Å²) in [6, 6.07) is 7.18. The molecule has 5 heteroatoms. The van der Waals surface area contributed by atoms with Crippen molar-refractivity contribution in [1.82, 2.24) is 0 Å². The number of nitrogens with zero attached hydrogens (tertiary/aromatic N) is 1. The number of oxime groups is 1. The molecule has 96 valence electrons. The van der Waals surface area contributed by atoms with Gasteiger partial charge in [0.25, 0.3) is 0 Å². The van der Waals surface area contributed by atoms with Gasteiger partial charge in [0.05, 0.1) is 6.61 Å². The number of ether oxygens (including phenoxy) is 1. The van der Waals surface area contributed by atoms with Crippen LogP contribution in [-0.2, 0) is 14.4 Å². The molecule has 1 rings (SSSR count). The van der Waals surface area contributed by atoms with Crippen LogP contribution in [0.15, 0.2) is 35.5 Å². The van der Waals surface area contributed by atoms with Crippen LogP contribution in [-0.4, -0.2) is 25.4 Å². The van der Waals surface area contributed by atoms with Crippen molar-refractivity contribution in [2.75, 3.05) is 13.7 Å². The van der Waals surface area contributed by atoms with E-state index < -0.39 is 5.97 Å². The quantitative estimate of drug-likeness (QED) is 0.468. The summed E-state index contributed by atoms with van der Waals surface area (Å²) in [7, 11) is 1.37. The number of carbonyl (C=O) groups is 1. The van der Waals surface area contributed by atoms with Crippen LogP contribution in [0.5, 0.6) is 0 Å².